The lowest BCUT2D eigenvalue weighted by atomic mass is 9.90. The number of hydrogen-bond acceptors (Lipinski definition) is 1. The fourth-order valence-electron chi connectivity index (χ4n) is 2.84. The molecular weight excluding hydrogens is 317 g/mol. The van der Waals surface area contributed by atoms with E-state index in [1.807, 2.05) is 19.2 Å². The summed E-state index contributed by atoms with van der Waals surface area (Å²) in [7, 11) is 1.87. The average Bonchev–Trinajstić information content (AvgIpc) is 2.34. The molecular formula is C17H19BrFN. The fraction of sp³-hybridized carbons (Fsp3) is 0.294. The maximum atomic E-state index is 14.2. The number of rotatable bonds is 3. The Bertz CT molecular complexity index is 614. The van der Waals surface area contributed by atoms with Gasteiger partial charge in [0.1, 0.15) is 5.82 Å². The molecule has 0 fully saturated rings. The van der Waals surface area contributed by atoms with Crippen LogP contribution < -0.4 is 5.32 Å². The van der Waals surface area contributed by atoms with Crippen molar-refractivity contribution in [1.29, 1.82) is 0 Å². The molecule has 2 aromatic rings. The summed E-state index contributed by atoms with van der Waals surface area (Å²) in [5.41, 5.74) is 5.42. The van der Waals surface area contributed by atoms with E-state index >= 15 is 0 Å². The van der Waals surface area contributed by atoms with Crippen molar-refractivity contribution in [2.45, 2.75) is 26.8 Å². The number of halogens is 2. The fourth-order valence-corrected chi connectivity index (χ4v) is 3.17. The first-order chi connectivity index (χ1) is 9.43. The van der Waals surface area contributed by atoms with Crippen molar-refractivity contribution in [2.24, 2.45) is 0 Å². The molecule has 20 heavy (non-hydrogen) atoms. The lowest BCUT2D eigenvalue weighted by molar-refractivity contribution is 0.573. The van der Waals surface area contributed by atoms with Crippen molar-refractivity contribution in [3.63, 3.8) is 0 Å². The van der Waals surface area contributed by atoms with Gasteiger partial charge in [-0.2, -0.15) is 0 Å². The molecule has 1 nitrogen and oxygen atoms in total. The van der Waals surface area contributed by atoms with Gasteiger partial charge < -0.3 is 5.32 Å². The van der Waals surface area contributed by atoms with Gasteiger partial charge in [0, 0.05) is 10.0 Å². The van der Waals surface area contributed by atoms with E-state index in [1.54, 1.807) is 0 Å². The molecule has 0 bridgehead atoms. The van der Waals surface area contributed by atoms with Crippen LogP contribution in [0.15, 0.2) is 34.8 Å². The van der Waals surface area contributed by atoms with E-state index in [0.717, 1.165) is 10.0 Å². The van der Waals surface area contributed by atoms with E-state index in [-0.39, 0.29) is 11.9 Å². The monoisotopic (exact) mass is 335 g/mol. The second-order valence-electron chi connectivity index (χ2n) is 5.20. The highest BCUT2D eigenvalue weighted by Crippen LogP contribution is 2.31. The van der Waals surface area contributed by atoms with Crippen LogP contribution in [0, 0.1) is 26.6 Å². The van der Waals surface area contributed by atoms with Crippen molar-refractivity contribution in [1.82, 2.24) is 5.32 Å². The Balaban J connectivity index is 2.58. The Morgan fingerprint density at radius 3 is 2.15 bits per heavy atom. The summed E-state index contributed by atoms with van der Waals surface area (Å²) >= 11 is 3.30. The zero-order chi connectivity index (χ0) is 14.9. The molecule has 0 spiro atoms. The molecule has 3 heteroatoms. The zero-order valence-electron chi connectivity index (χ0n) is 12.2. The van der Waals surface area contributed by atoms with Crippen LogP contribution in [0.1, 0.15) is 33.9 Å². The summed E-state index contributed by atoms with van der Waals surface area (Å²) in [6.45, 7) is 6.24. The van der Waals surface area contributed by atoms with Gasteiger partial charge in [-0.1, -0.05) is 39.7 Å². The van der Waals surface area contributed by atoms with Gasteiger partial charge >= 0.3 is 0 Å². The van der Waals surface area contributed by atoms with Gasteiger partial charge in [0.25, 0.3) is 0 Å². The molecule has 0 aromatic heterocycles. The minimum atomic E-state index is -0.196. The molecule has 2 rings (SSSR count). The molecule has 0 aliphatic rings. The van der Waals surface area contributed by atoms with Gasteiger partial charge in [0.05, 0.1) is 6.04 Å². The van der Waals surface area contributed by atoms with Crippen LogP contribution in [0.3, 0.4) is 0 Å². The quantitative estimate of drug-likeness (QED) is 0.847. The number of nitrogens with one attached hydrogen (secondary N) is 1. The predicted octanol–water partition coefficient (Wildman–Crippen LogP) is 4.82. The minimum absolute atomic E-state index is 0.135. The smallest absolute Gasteiger partial charge is 0.129 e. The van der Waals surface area contributed by atoms with Crippen molar-refractivity contribution >= 4 is 15.9 Å². The lowest BCUT2D eigenvalue weighted by Crippen LogP contribution is -2.21. The van der Waals surface area contributed by atoms with Crippen LogP contribution in [-0.2, 0) is 0 Å². The summed E-state index contributed by atoms with van der Waals surface area (Å²) in [5.74, 6) is -0.196. The van der Waals surface area contributed by atoms with E-state index in [9.17, 15) is 4.39 Å². The normalized spacial score (nSPS) is 12.5. The highest BCUT2D eigenvalue weighted by Gasteiger charge is 2.20. The van der Waals surface area contributed by atoms with Crippen LogP contribution in [0.5, 0.6) is 0 Å². The van der Waals surface area contributed by atoms with Crippen molar-refractivity contribution < 1.29 is 4.39 Å². The maximum Gasteiger partial charge on any atom is 0.129 e. The van der Waals surface area contributed by atoms with E-state index < -0.39 is 0 Å². The summed E-state index contributed by atoms with van der Waals surface area (Å²) in [6.07, 6.45) is 0. The van der Waals surface area contributed by atoms with Gasteiger partial charge in [-0.05, 0) is 56.6 Å². The van der Waals surface area contributed by atoms with Gasteiger partial charge in [0.2, 0.25) is 0 Å². The third-order valence-corrected chi connectivity index (χ3v) is 4.08. The van der Waals surface area contributed by atoms with E-state index in [1.165, 1.54) is 22.8 Å². The average molecular weight is 336 g/mol. The molecule has 0 amide bonds. The van der Waals surface area contributed by atoms with E-state index in [4.69, 9.17) is 0 Å². The minimum Gasteiger partial charge on any atom is -0.309 e. The van der Waals surface area contributed by atoms with E-state index in [0.29, 0.717) is 5.56 Å². The molecule has 1 unspecified atom stereocenters. The standard InChI is InChI=1S/C17H19BrFN/c1-10-7-11(2)16(12(3)8-10)17(20-4)14-6-5-13(18)9-15(14)19/h5-9,17,20H,1-4H3. The predicted molar refractivity (Wildman–Crippen MR) is 85.7 cm³/mol. The van der Waals surface area contributed by atoms with Gasteiger partial charge in [0.15, 0.2) is 0 Å². The Labute approximate surface area is 128 Å². The van der Waals surface area contributed by atoms with Crippen LogP contribution >= 0.6 is 15.9 Å². The molecule has 1 N–H and O–H groups in total. The van der Waals surface area contributed by atoms with Crippen LogP contribution in [-0.4, -0.2) is 7.05 Å². The van der Waals surface area contributed by atoms with Crippen LogP contribution in [0.2, 0.25) is 0 Å². The largest absolute Gasteiger partial charge is 0.309 e. The molecule has 0 saturated heterocycles. The molecule has 2 aromatic carbocycles. The Kier molecular flexibility index (Phi) is 4.61. The summed E-state index contributed by atoms with van der Waals surface area (Å²) in [6, 6.07) is 9.37. The first kappa shape index (κ1) is 15.2. The van der Waals surface area contributed by atoms with Crippen LogP contribution in [0.25, 0.3) is 0 Å². The van der Waals surface area contributed by atoms with Crippen molar-refractivity contribution in [3.8, 4) is 0 Å². The molecule has 0 aliphatic heterocycles. The molecule has 0 aliphatic carbocycles. The Hall–Kier alpha value is -1.19. The highest BCUT2D eigenvalue weighted by atomic mass is 79.9. The third-order valence-electron chi connectivity index (χ3n) is 3.59. The van der Waals surface area contributed by atoms with Gasteiger partial charge in [-0.25, -0.2) is 4.39 Å². The molecule has 106 valence electrons. The molecule has 0 radical (unpaired) electrons. The van der Waals surface area contributed by atoms with Crippen molar-refractivity contribution in [3.05, 3.63) is 68.4 Å². The van der Waals surface area contributed by atoms with Crippen molar-refractivity contribution in [2.75, 3.05) is 7.05 Å². The van der Waals surface area contributed by atoms with Gasteiger partial charge in [-0.3, -0.25) is 0 Å². The second-order valence-corrected chi connectivity index (χ2v) is 6.12. The third kappa shape index (κ3) is 2.94. The zero-order valence-corrected chi connectivity index (χ0v) is 13.8. The highest BCUT2D eigenvalue weighted by molar-refractivity contribution is 9.10. The summed E-state index contributed by atoms with van der Waals surface area (Å²) in [4.78, 5) is 0. The second kappa shape index (κ2) is 6.06. The number of benzene rings is 2. The number of hydrogen-bond donors (Lipinski definition) is 1. The molecule has 0 saturated carbocycles. The van der Waals surface area contributed by atoms with Gasteiger partial charge in [-0.15, -0.1) is 0 Å². The molecule has 0 heterocycles. The topological polar surface area (TPSA) is 12.0 Å². The Morgan fingerprint density at radius 2 is 1.65 bits per heavy atom. The van der Waals surface area contributed by atoms with Crippen LogP contribution in [0.4, 0.5) is 4.39 Å². The van der Waals surface area contributed by atoms with E-state index in [2.05, 4.69) is 54.2 Å². The first-order valence-electron chi connectivity index (χ1n) is 6.64. The number of aryl methyl sites for hydroxylation is 3. The molecule has 1 atom stereocenters. The lowest BCUT2D eigenvalue weighted by Gasteiger charge is -2.23. The summed E-state index contributed by atoms with van der Waals surface area (Å²) < 4.78 is 15.0. The SMILES string of the molecule is CNC(c1ccc(Br)cc1F)c1c(C)cc(C)cc1C. The summed E-state index contributed by atoms with van der Waals surface area (Å²) in [5, 5.41) is 3.24. The maximum absolute atomic E-state index is 14.2. The Morgan fingerprint density at radius 1 is 1.05 bits per heavy atom. The first-order valence-corrected chi connectivity index (χ1v) is 7.43.